The van der Waals surface area contributed by atoms with Crippen LogP contribution in [-0.2, 0) is 0 Å². The lowest BCUT2D eigenvalue weighted by Gasteiger charge is -2.29. The fourth-order valence-corrected chi connectivity index (χ4v) is 3.01. The van der Waals surface area contributed by atoms with Gasteiger partial charge in [-0.05, 0) is 18.2 Å². The number of pyridine rings is 1. The van der Waals surface area contributed by atoms with Crippen LogP contribution in [0.2, 0.25) is 0 Å². The molecule has 1 aliphatic rings. The molecule has 3 heterocycles. The Morgan fingerprint density at radius 3 is 2.78 bits per heavy atom. The average molecular weight is 313 g/mol. The molecule has 23 heavy (non-hydrogen) atoms. The molecule has 2 N–H and O–H groups in total. The van der Waals surface area contributed by atoms with Crippen molar-refractivity contribution in [3.63, 3.8) is 0 Å². The highest BCUT2D eigenvalue weighted by Gasteiger charge is 2.18. The third-order valence-electron chi connectivity index (χ3n) is 4.11. The fraction of sp³-hybridized carbons (Fsp3) is 0.250. The van der Waals surface area contributed by atoms with Crippen LogP contribution in [-0.4, -0.2) is 40.7 Å². The molecule has 0 unspecified atom stereocenters. The van der Waals surface area contributed by atoms with Gasteiger partial charge in [0.1, 0.15) is 5.82 Å². The van der Waals surface area contributed by atoms with Crippen molar-refractivity contribution in [2.45, 2.75) is 0 Å². The number of nitrogens with zero attached hydrogens (tertiary/aromatic N) is 3. The smallest absolute Gasteiger partial charge is 0.331 e. The lowest BCUT2D eigenvalue weighted by molar-refractivity contribution is 0.567. The van der Waals surface area contributed by atoms with E-state index < -0.39 is 0 Å². The third kappa shape index (κ3) is 2.39. The van der Waals surface area contributed by atoms with Gasteiger partial charge >= 0.3 is 5.69 Å². The Labute approximate surface area is 131 Å². The van der Waals surface area contributed by atoms with E-state index in [2.05, 4.69) is 15.3 Å². The van der Waals surface area contributed by atoms with Gasteiger partial charge in [-0.1, -0.05) is 0 Å². The summed E-state index contributed by atoms with van der Waals surface area (Å²) in [6.07, 6.45) is 3.26. The van der Waals surface area contributed by atoms with Crippen LogP contribution < -0.4 is 15.9 Å². The molecular formula is C16H16FN5O. The fourth-order valence-electron chi connectivity index (χ4n) is 3.01. The van der Waals surface area contributed by atoms with Crippen LogP contribution in [0.15, 0.2) is 41.5 Å². The summed E-state index contributed by atoms with van der Waals surface area (Å²) in [4.78, 5) is 21.0. The van der Waals surface area contributed by atoms with E-state index >= 15 is 0 Å². The summed E-state index contributed by atoms with van der Waals surface area (Å²) in [6.45, 7) is 3.12. The first-order chi connectivity index (χ1) is 11.2. The molecule has 7 heteroatoms. The Hall–Kier alpha value is -2.67. The van der Waals surface area contributed by atoms with Gasteiger partial charge in [0.2, 0.25) is 0 Å². The van der Waals surface area contributed by atoms with E-state index in [1.54, 1.807) is 30.6 Å². The standard InChI is InChI=1S/C16H16FN5O/c17-12-8-13-15(9-14(12)21-6-4-18-5-7-21)22(16(23)20-13)11-2-1-3-19-10-11/h1-3,8-10,18H,4-7H2,(H,20,23). The number of H-pyrrole nitrogens is 1. The maximum Gasteiger partial charge on any atom is 0.331 e. The molecule has 0 aliphatic carbocycles. The highest BCUT2D eigenvalue weighted by atomic mass is 19.1. The maximum absolute atomic E-state index is 14.4. The monoisotopic (exact) mass is 313 g/mol. The summed E-state index contributed by atoms with van der Waals surface area (Å²) in [5.41, 5.74) is 2.01. The van der Waals surface area contributed by atoms with Crippen LogP contribution in [0, 0.1) is 5.82 Å². The van der Waals surface area contributed by atoms with Crippen LogP contribution in [0.3, 0.4) is 0 Å². The zero-order valence-corrected chi connectivity index (χ0v) is 12.4. The van der Waals surface area contributed by atoms with Gasteiger partial charge in [-0.2, -0.15) is 0 Å². The summed E-state index contributed by atoms with van der Waals surface area (Å²) >= 11 is 0. The van der Waals surface area contributed by atoms with Crippen LogP contribution in [0.25, 0.3) is 16.7 Å². The molecule has 3 aromatic rings. The zero-order valence-electron chi connectivity index (χ0n) is 12.4. The van der Waals surface area contributed by atoms with Crippen molar-refractivity contribution in [1.82, 2.24) is 19.9 Å². The van der Waals surface area contributed by atoms with E-state index in [4.69, 9.17) is 0 Å². The number of hydrogen-bond acceptors (Lipinski definition) is 4. The zero-order chi connectivity index (χ0) is 15.8. The van der Waals surface area contributed by atoms with Crippen molar-refractivity contribution >= 4 is 16.7 Å². The summed E-state index contributed by atoms with van der Waals surface area (Å²) < 4.78 is 16.0. The number of rotatable bonds is 2. The Morgan fingerprint density at radius 1 is 1.22 bits per heavy atom. The number of imidazole rings is 1. The number of benzene rings is 1. The highest BCUT2D eigenvalue weighted by Crippen LogP contribution is 2.26. The van der Waals surface area contributed by atoms with E-state index in [1.807, 2.05) is 4.90 Å². The van der Waals surface area contributed by atoms with Gasteiger partial charge in [0, 0.05) is 38.4 Å². The van der Waals surface area contributed by atoms with Gasteiger partial charge in [-0.15, -0.1) is 0 Å². The van der Waals surface area contributed by atoms with Gasteiger partial charge in [-0.25, -0.2) is 9.18 Å². The van der Waals surface area contributed by atoms with E-state index in [-0.39, 0.29) is 11.5 Å². The van der Waals surface area contributed by atoms with Crippen LogP contribution >= 0.6 is 0 Å². The second kappa shape index (κ2) is 5.51. The molecule has 0 bridgehead atoms. The summed E-state index contributed by atoms with van der Waals surface area (Å²) in [6, 6.07) is 6.69. The predicted molar refractivity (Wildman–Crippen MR) is 86.7 cm³/mol. The van der Waals surface area contributed by atoms with E-state index in [0.717, 1.165) is 26.2 Å². The van der Waals surface area contributed by atoms with Crippen LogP contribution in [0.5, 0.6) is 0 Å². The van der Waals surface area contributed by atoms with Gasteiger partial charge < -0.3 is 15.2 Å². The van der Waals surface area contributed by atoms with Gasteiger partial charge in [0.15, 0.2) is 0 Å². The van der Waals surface area contributed by atoms with E-state index in [9.17, 15) is 9.18 Å². The molecule has 1 aromatic carbocycles. The molecule has 0 saturated carbocycles. The van der Waals surface area contributed by atoms with Crippen molar-refractivity contribution in [3.05, 3.63) is 53.0 Å². The average Bonchev–Trinajstić information content (AvgIpc) is 2.90. The minimum absolute atomic E-state index is 0.301. The van der Waals surface area contributed by atoms with Crippen molar-refractivity contribution in [3.8, 4) is 5.69 Å². The Bertz CT molecular complexity index is 896. The number of aromatic nitrogens is 3. The quantitative estimate of drug-likeness (QED) is 0.747. The molecular weight excluding hydrogens is 297 g/mol. The second-order valence-electron chi connectivity index (χ2n) is 5.53. The molecule has 0 amide bonds. The number of aromatic amines is 1. The van der Waals surface area contributed by atoms with E-state index in [0.29, 0.717) is 22.4 Å². The second-order valence-corrected chi connectivity index (χ2v) is 5.53. The molecule has 118 valence electrons. The van der Waals surface area contributed by atoms with Gasteiger partial charge in [0.25, 0.3) is 0 Å². The summed E-state index contributed by atoms with van der Waals surface area (Å²) in [7, 11) is 0. The Balaban J connectivity index is 1.91. The number of piperazine rings is 1. The largest absolute Gasteiger partial charge is 0.367 e. The van der Waals surface area contributed by atoms with Crippen LogP contribution in [0.1, 0.15) is 0 Å². The number of nitrogens with one attached hydrogen (secondary N) is 2. The molecule has 0 radical (unpaired) electrons. The number of hydrogen-bond donors (Lipinski definition) is 2. The number of anilines is 1. The normalized spacial score (nSPS) is 15.3. The number of halogens is 1. The predicted octanol–water partition coefficient (Wildman–Crippen LogP) is 1.26. The molecule has 0 spiro atoms. The lowest BCUT2D eigenvalue weighted by atomic mass is 10.2. The van der Waals surface area contributed by atoms with Crippen molar-refractivity contribution in [2.24, 2.45) is 0 Å². The Kier molecular flexibility index (Phi) is 3.34. The van der Waals surface area contributed by atoms with E-state index in [1.165, 1.54) is 10.6 Å². The maximum atomic E-state index is 14.4. The molecule has 0 atom stereocenters. The Morgan fingerprint density at radius 2 is 2.04 bits per heavy atom. The molecule has 2 aromatic heterocycles. The first kappa shape index (κ1) is 14.0. The molecule has 1 fully saturated rings. The van der Waals surface area contributed by atoms with Gasteiger partial charge in [0.05, 0.1) is 28.6 Å². The van der Waals surface area contributed by atoms with Gasteiger partial charge in [-0.3, -0.25) is 9.55 Å². The SMILES string of the molecule is O=c1[nH]c2cc(F)c(N3CCNCC3)cc2n1-c1cccnc1. The minimum Gasteiger partial charge on any atom is -0.367 e. The van der Waals surface area contributed by atoms with Crippen molar-refractivity contribution < 1.29 is 4.39 Å². The number of fused-ring (bicyclic) bond motifs is 1. The summed E-state index contributed by atoms with van der Waals surface area (Å²) in [5, 5.41) is 3.25. The minimum atomic E-state index is -0.320. The molecule has 6 nitrogen and oxygen atoms in total. The molecule has 1 saturated heterocycles. The van der Waals surface area contributed by atoms with Crippen LogP contribution in [0.4, 0.5) is 10.1 Å². The first-order valence-corrected chi connectivity index (χ1v) is 7.54. The topological polar surface area (TPSA) is 66.0 Å². The molecule has 4 rings (SSSR count). The summed E-state index contributed by atoms with van der Waals surface area (Å²) in [5.74, 6) is -0.320. The van der Waals surface area contributed by atoms with Crippen molar-refractivity contribution in [1.29, 1.82) is 0 Å². The third-order valence-corrected chi connectivity index (χ3v) is 4.11. The first-order valence-electron chi connectivity index (χ1n) is 7.54. The lowest BCUT2D eigenvalue weighted by Crippen LogP contribution is -2.43. The van der Waals surface area contributed by atoms with Crippen molar-refractivity contribution in [2.75, 3.05) is 31.1 Å². The molecule has 1 aliphatic heterocycles. The highest BCUT2D eigenvalue weighted by molar-refractivity contribution is 5.82.